The predicted molar refractivity (Wildman–Crippen MR) is 115 cm³/mol. The summed E-state index contributed by atoms with van der Waals surface area (Å²) in [5.74, 6) is 1.30. The lowest BCUT2D eigenvalue weighted by Gasteiger charge is -2.37. The van der Waals surface area contributed by atoms with Gasteiger partial charge in [0, 0.05) is 37.6 Å². The van der Waals surface area contributed by atoms with Crippen LogP contribution in [0.2, 0.25) is 0 Å². The molecule has 9 heteroatoms. The number of aryl methyl sites for hydroxylation is 1. The fraction of sp³-hybridized carbons (Fsp3) is 0.300. The molecular formula is C20H22ClN5O2S. The van der Waals surface area contributed by atoms with Crippen LogP contribution in [-0.2, 0) is 0 Å². The summed E-state index contributed by atoms with van der Waals surface area (Å²) in [5, 5.41) is 4.04. The van der Waals surface area contributed by atoms with E-state index in [0.29, 0.717) is 34.5 Å². The number of rotatable bonds is 4. The van der Waals surface area contributed by atoms with Gasteiger partial charge in [0.25, 0.3) is 5.91 Å². The van der Waals surface area contributed by atoms with Crippen LogP contribution in [0.3, 0.4) is 0 Å². The summed E-state index contributed by atoms with van der Waals surface area (Å²) in [5.41, 5.74) is 1.70. The predicted octanol–water partition coefficient (Wildman–Crippen LogP) is 3.13. The molecule has 29 heavy (non-hydrogen) atoms. The second-order valence-corrected chi connectivity index (χ2v) is 7.47. The lowest BCUT2D eigenvalue weighted by molar-refractivity contribution is 0.0635. The van der Waals surface area contributed by atoms with E-state index in [9.17, 15) is 4.79 Å². The number of hydrogen-bond acceptors (Lipinski definition) is 7. The second kappa shape index (κ2) is 9.30. The zero-order valence-corrected chi connectivity index (χ0v) is 17.8. The molecule has 0 spiro atoms. The molecule has 4 rings (SSSR count). The number of nitrogens with one attached hydrogen (secondary N) is 1. The van der Waals surface area contributed by atoms with Crippen molar-refractivity contribution in [2.75, 3.05) is 26.7 Å². The van der Waals surface area contributed by atoms with E-state index in [2.05, 4.69) is 20.3 Å². The van der Waals surface area contributed by atoms with Gasteiger partial charge in [-0.2, -0.15) is 0 Å². The van der Waals surface area contributed by atoms with E-state index in [1.165, 1.54) is 11.3 Å². The molecule has 1 fully saturated rings. The van der Waals surface area contributed by atoms with Crippen LogP contribution in [0.5, 0.6) is 5.75 Å². The Bertz CT molecular complexity index is 982. The number of piperazine rings is 1. The molecule has 7 nitrogen and oxygen atoms in total. The first-order valence-electron chi connectivity index (χ1n) is 9.08. The van der Waals surface area contributed by atoms with E-state index in [-0.39, 0.29) is 24.4 Å². The fourth-order valence-electron chi connectivity index (χ4n) is 3.40. The first-order valence-corrected chi connectivity index (χ1v) is 9.90. The number of halogens is 1. The van der Waals surface area contributed by atoms with Crippen molar-refractivity contribution in [2.24, 2.45) is 0 Å². The maximum atomic E-state index is 13.4. The zero-order valence-electron chi connectivity index (χ0n) is 16.2. The van der Waals surface area contributed by atoms with Gasteiger partial charge in [-0.25, -0.2) is 15.0 Å². The largest absolute Gasteiger partial charge is 0.496 e. The van der Waals surface area contributed by atoms with Crippen LogP contribution < -0.4 is 10.1 Å². The Kier molecular flexibility index (Phi) is 6.79. The number of ether oxygens (including phenoxy) is 1. The zero-order chi connectivity index (χ0) is 19.5. The SMILES string of the molecule is COc1ccccc1C1CNCCN1C(=O)c1sc(-c2ncccn2)nc1C.Cl. The van der Waals surface area contributed by atoms with Crippen LogP contribution in [0.1, 0.15) is 27.0 Å². The first-order chi connectivity index (χ1) is 13.7. The van der Waals surface area contributed by atoms with E-state index in [1.54, 1.807) is 25.6 Å². The molecule has 0 aliphatic carbocycles. The third kappa shape index (κ3) is 4.24. The van der Waals surface area contributed by atoms with Crippen LogP contribution in [0.15, 0.2) is 42.7 Å². The summed E-state index contributed by atoms with van der Waals surface area (Å²) in [4.78, 5) is 29.0. The summed E-state index contributed by atoms with van der Waals surface area (Å²) < 4.78 is 5.53. The van der Waals surface area contributed by atoms with Gasteiger partial charge in [-0.15, -0.1) is 23.7 Å². The van der Waals surface area contributed by atoms with E-state index in [0.717, 1.165) is 17.9 Å². The van der Waals surface area contributed by atoms with Gasteiger partial charge in [0.05, 0.1) is 18.8 Å². The van der Waals surface area contributed by atoms with Gasteiger partial charge in [0.15, 0.2) is 10.8 Å². The highest BCUT2D eigenvalue weighted by atomic mass is 35.5. The monoisotopic (exact) mass is 431 g/mol. The molecule has 1 aliphatic rings. The highest BCUT2D eigenvalue weighted by Crippen LogP contribution is 2.33. The highest BCUT2D eigenvalue weighted by molar-refractivity contribution is 7.17. The molecule has 0 saturated carbocycles. The van der Waals surface area contributed by atoms with Crippen LogP contribution in [0.4, 0.5) is 0 Å². The van der Waals surface area contributed by atoms with Crippen molar-refractivity contribution in [1.29, 1.82) is 0 Å². The van der Waals surface area contributed by atoms with Crippen molar-refractivity contribution in [1.82, 2.24) is 25.2 Å². The Morgan fingerprint density at radius 2 is 2.00 bits per heavy atom. The minimum absolute atomic E-state index is 0. The smallest absolute Gasteiger partial charge is 0.266 e. The summed E-state index contributed by atoms with van der Waals surface area (Å²) in [7, 11) is 1.65. The quantitative estimate of drug-likeness (QED) is 0.683. The number of carbonyl (C=O) groups is 1. The van der Waals surface area contributed by atoms with E-state index in [1.807, 2.05) is 36.1 Å². The number of amides is 1. The van der Waals surface area contributed by atoms with Crippen molar-refractivity contribution >= 4 is 29.7 Å². The van der Waals surface area contributed by atoms with E-state index >= 15 is 0 Å². The van der Waals surface area contributed by atoms with E-state index < -0.39 is 0 Å². The third-order valence-corrected chi connectivity index (χ3v) is 5.89. The molecular weight excluding hydrogens is 410 g/mol. The molecule has 1 N–H and O–H groups in total. The van der Waals surface area contributed by atoms with Gasteiger partial charge in [0.1, 0.15) is 10.6 Å². The van der Waals surface area contributed by atoms with Crippen molar-refractivity contribution in [3.8, 4) is 16.6 Å². The minimum Gasteiger partial charge on any atom is -0.496 e. The van der Waals surface area contributed by atoms with Gasteiger partial charge < -0.3 is 15.0 Å². The second-order valence-electron chi connectivity index (χ2n) is 6.47. The summed E-state index contributed by atoms with van der Waals surface area (Å²) in [6, 6.07) is 9.50. The normalized spacial score (nSPS) is 16.2. The molecule has 0 radical (unpaired) electrons. The highest BCUT2D eigenvalue weighted by Gasteiger charge is 2.32. The maximum Gasteiger partial charge on any atom is 0.266 e. The lowest BCUT2D eigenvalue weighted by atomic mass is 10.0. The maximum absolute atomic E-state index is 13.4. The molecule has 1 aromatic carbocycles. The minimum atomic E-state index is -0.102. The molecule has 3 aromatic rings. The van der Waals surface area contributed by atoms with Gasteiger partial charge in [0.2, 0.25) is 0 Å². The Morgan fingerprint density at radius 1 is 1.24 bits per heavy atom. The molecule has 1 amide bonds. The van der Waals surface area contributed by atoms with Crippen LogP contribution in [0, 0.1) is 6.92 Å². The van der Waals surface area contributed by atoms with Crippen LogP contribution >= 0.6 is 23.7 Å². The van der Waals surface area contributed by atoms with Crippen molar-refractivity contribution in [3.63, 3.8) is 0 Å². The number of thiazole rings is 1. The van der Waals surface area contributed by atoms with Crippen molar-refractivity contribution in [2.45, 2.75) is 13.0 Å². The lowest BCUT2D eigenvalue weighted by Crippen LogP contribution is -2.48. The standard InChI is InChI=1S/C20H21N5O2S.ClH/c1-13-17(28-19(24-13)18-22-8-5-9-23-18)20(26)25-11-10-21-12-15(25)14-6-3-4-7-16(14)27-2;/h3-9,15,21H,10-12H2,1-2H3;1H. The van der Waals surface area contributed by atoms with Gasteiger partial charge >= 0.3 is 0 Å². The molecule has 152 valence electrons. The Hall–Kier alpha value is -2.55. The van der Waals surface area contributed by atoms with Crippen LogP contribution in [0.25, 0.3) is 10.8 Å². The van der Waals surface area contributed by atoms with Gasteiger partial charge in [-0.3, -0.25) is 4.79 Å². The Balaban J connectivity index is 0.00000240. The van der Waals surface area contributed by atoms with Crippen LogP contribution in [-0.4, -0.2) is 52.5 Å². The fourth-order valence-corrected chi connectivity index (χ4v) is 4.37. The summed E-state index contributed by atoms with van der Waals surface area (Å²) in [6.45, 7) is 3.91. The summed E-state index contributed by atoms with van der Waals surface area (Å²) >= 11 is 1.34. The number of para-hydroxylation sites is 1. The number of methoxy groups -OCH3 is 1. The van der Waals surface area contributed by atoms with Gasteiger partial charge in [-0.05, 0) is 19.1 Å². The molecule has 3 heterocycles. The Labute approximate surface area is 179 Å². The average molecular weight is 432 g/mol. The summed E-state index contributed by atoms with van der Waals surface area (Å²) in [6.07, 6.45) is 3.35. The molecule has 1 atom stereocenters. The molecule has 0 bridgehead atoms. The van der Waals surface area contributed by atoms with Crippen molar-refractivity contribution in [3.05, 3.63) is 58.9 Å². The molecule has 1 saturated heterocycles. The molecule has 1 unspecified atom stereocenters. The average Bonchev–Trinajstić information content (AvgIpc) is 3.15. The number of hydrogen-bond donors (Lipinski definition) is 1. The molecule has 1 aliphatic heterocycles. The van der Waals surface area contributed by atoms with Crippen molar-refractivity contribution < 1.29 is 9.53 Å². The number of carbonyl (C=O) groups excluding carboxylic acids is 1. The topological polar surface area (TPSA) is 80.2 Å². The van der Waals surface area contributed by atoms with Gasteiger partial charge in [-0.1, -0.05) is 18.2 Å². The Morgan fingerprint density at radius 3 is 2.76 bits per heavy atom. The number of aromatic nitrogens is 3. The third-order valence-electron chi connectivity index (χ3n) is 4.75. The molecule has 2 aromatic heterocycles. The first kappa shape index (κ1) is 21.2. The van der Waals surface area contributed by atoms with E-state index in [4.69, 9.17) is 4.74 Å². The number of benzene rings is 1. The number of nitrogens with zero attached hydrogens (tertiary/aromatic N) is 4.